The van der Waals surface area contributed by atoms with Crippen LogP contribution in [0.1, 0.15) is 37.8 Å². The average molecular weight is 304 g/mol. The molecule has 1 aromatic carbocycles. The molecule has 1 heterocycles. The molecule has 0 aliphatic carbocycles. The Labute approximate surface area is 131 Å². The normalized spacial score (nSPS) is 16.5. The van der Waals surface area contributed by atoms with E-state index in [4.69, 9.17) is 5.11 Å². The van der Waals surface area contributed by atoms with Crippen LogP contribution in [0.2, 0.25) is 0 Å². The van der Waals surface area contributed by atoms with Crippen molar-refractivity contribution in [3.8, 4) is 0 Å². The lowest BCUT2D eigenvalue weighted by Crippen LogP contribution is -2.47. The highest BCUT2D eigenvalue weighted by Crippen LogP contribution is 2.27. The molecule has 0 radical (unpaired) electrons. The van der Waals surface area contributed by atoms with E-state index in [1.807, 2.05) is 37.3 Å². The minimum Gasteiger partial charge on any atom is -0.395 e. The molecule has 120 valence electrons. The first-order valence-electron chi connectivity index (χ1n) is 7.93. The topological polar surface area (TPSA) is 60.9 Å². The Hall–Kier alpha value is -1.88. The van der Waals surface area contributed by atoms with Crippen LogP contribution in [0.15, 0.2) is 30.3 Å². The number of amides is 2. The highest BCUT2D eigenvalue weighted by atomic mass is 16.3. The summed E-state index contributed by atoms with van der Waals surface area (Å²) in [5.74, 6) is -0.0773. The number of likely N-dealkylation sites (tertiary alicyclic amines) is 1. The summed E-state index contributed by atoms with van der Waals surface area (Å²) in [4.78, 5) is 28.5. The van der Waals surface area contributed by atoms with Gasteiger partial charge in [-0.3, -0.25) is 9.59 Å². The lowest BCUT2D eigenvalue weighted by atomic mass is 10.00. The van der Waals surface area contributed by atoms with Gasteiger partial charge in [0, 0.05) is 26.1 Å². The zero-order chi connectivity index (χ0) is 15.9. The highest BCUT2D eigenvalue weighted by Gasteiger charge is 2.34. The summed E-state index contributed by atoms with van der Waals surface area (Å²) in [5, 5.41) is 9.16. The molecule has 2 amide bonds. The van der Waals surface area contributed by atoms with E-state index in [0.717, 1.165) is 18.4 Å². The minimum absolute atomic E-state index is 0.0357. The maximum absolute atomic E-state index is 12.9. The molecule has 2 rings (SSSR count). The van der Waals surface area contributed by atoms with Crippen molar-refractivity contribution in [2.45, 2.75) is 32.2 Å². The van der Waals surface area contributed by atoms with Crippen LogP contribution >= 0.6 is 0 Å². The Morgan fingerprint density at radius 1 is 1.32 bits per heavy atom. The largest absolute Gasteiger partial charge is 0.395 e. The van der Waals surface area contributed by atoms with Crippen LogP contribution in [-0.2, 0) is 9.59 Å². The number of hydrogen-bond acceptors (Lipinski definition) is 3. The molecule has 1 fully saturated rings. The van der Waals surface area contributed by atoms with Crippen LogP contribution in [-0.4, -0.2) is 53.0 Å². The standard InChI is InChI=1S/C17H24N2O3/c1-2-18(12-13-20)17(22)16(14-8-4-3-5-9-14)19-11-7-6-10-15(19)21/h3-5,8-9,16,20H,2,6-7,10-13H2,1H3. The third kappa shape index (κ3) is 3.65. The van der Waals surface area contributed by atoms with E-state index in [0.29, 0.717) is 26.1 Å². The van der Waals surface area contributed by atoms with Gasteiger partial charge in [0.2, 0.25) is 11.8 Å². The van der Waals surface area contributed by atoms with Crippen molar-refractivity contribution >= 4 is 11.8 Å². The number of benzene rings is 1. The lowest BCUT2D eigenvalue weighted by Gasteiger charge is -2.36. The van der Waals surface area contributed by atoms with Crippen LogP contribution in [0.4, 0.5) is 0 Å². The molecule has 1 N–H and O–H groups in total. The zero-order valence-electron chi connectivity index (χ0n) is 13.1. The molecule has 1 unspecified atom stereocenters. The van der Waals surface area contributed by atoms with Crippen molar-refractivity contribution < 1.29 is 14.7 Å². The van der Waals surface area contributed by atoms with Gasteiger partial charge in [-0.25, -0.2) is 0 Å². The van der Waals surface area contributed by atoms with E-state index >= 15 is 0 Å². The van der Waals surface area contributed by atoms with Gasteiger partial charge in [0.1, 0.15) is 6.04 Å². The number of carbonyl (C=O) groups is 2. The molecule has 0 saturated carbocycles. The number of aliphatic hydroxyl groups excluding tert-OH is 1. The maximum Gasteiger partial charge on any atom is 0.250 e. The Bertz CT molecular complexity index is 504. The van der Waals surface area contributed by atoms with E-state index in [-0.39, 0.29) is 18.4 Å². The smallest absolute Gasteiger partial charge is 0.250 e. The van der Waals surface area contributed by atoms with E-state index in [2.05, 4.69) is 0 Å². The molecule has 1 atom stereocenters. The van der Waals surface area contributed by atoms with Crippen molar-refractivity contribution in [1.82, 2.24) is 9.80 Å². The van der Waals surface area contributed by atoms with Gasteiger partial charge in [0.25, 0.3) is 0 Å². The summed E-state index contributed by atoms with van der Waals surface area (Å²) < 4.78 is 0. The second-order valence-corrected chi connectivity index (χ2v) is 5.50. The summed E-state index contributed by atoms with van der Waals surface area (Å²) in [6.45, 7) is 3.23. The third-order valence-electron chi connectivity index (χ3n) is 4.08. The van der Waals surface area contributed by atoms with Crippen LogP contribution in [0.25, 0.3) is 0 Å². The molecule has 1 aliphatic heterocycles. The molecule has 1 aromatic rings. The fraction of sp³-hybridized carbons (Fsp3) is 0.529. The van der Waals surface area contributed by atoms with Gasteiger partial charge >= 0.3 is 0 Å². The van der Waals surface area contributed by atoms with Crippen LogP contribution < -0.4 is 0 Å². The number of rotatable bonds is 6. The molecular weight excluding hydrogens is 280 g/mol. The van der Waals surface area contributed by atoms with Gasteiger partial charge in [-0.2, -0.15) is 0 Å². The van der Waals surface area contributed by atoms with Gasteiger partial charge < -0.3 is 14.9 Å². The summed E-state index contributed by atoms with van der Waals surface area (Å²) >= 11 is 0. The Morgan fingerprint density at radius 3 is 2.64 bits per heavy atom. The number of likely N-dealkylation sites (N-methyl/N-ethyl adjacent to an activating group) is 1. The highest BCUT2D eigenvalue weighted by molar-refractivity contribution is 5.89. The lowest BCUT2D eigenvalue weighted by molar-refractivity contribution is -0.148. The zero-order valence-corrected chi connectivity index (χ0v) is 13.1. The average Bonchev–Trinajstić information content (AvgIpc) is 2.55. The molecule has 0 spiro atoms. The number of aliphatic hydroxyl groups is 1. The number of piperidine rings is 1. The van der Waals surface area contributed by atoms with E-state index < -0.39 is 6.04 Å². The fourth-order valence-electron chi connectivity index (χ4n) is 2.91. The molecule has 22 heavy (non-hydrogen) atoms. The van der Waals surface area contributed by atoms with Gasteiger partial charge in [-0.15, -0.1) is 0 Å². The second-order valence-electron chi connectivity index (χ2n) is 5.50. The monoisotopic (exact) mass is 304 g/mol. The molecule has 5 heteroatoms. The predicted molar refractivity (Wildman–Crippen MR) is 84.1 cm³/mol. The molecule has 5 nitrogen and oxygen atoms in total. The number of carbonyl (C=O) groups excluding carboxylic acids is 2. The Morgan fingerprint density at radius 2 is 2.05 bits per heavy atom. The van der Waals surface area contributed by atoms with Gasteiger partial charge in [0.05, 0.1) is 6.61 Å². The van der Waals surface area contributed by atoms with Crippen LogP contribution in [0.3, 0.4) is 0 Å². The van der Waals surface area contributed by atoms with E-state index in [1.54, 1.807) is 9.80 Å². The summed E-state index contributed by atoms with van der Waals surface area (Å²) in [6, 6.07) is 8.85. The van der Waals surface area contributed by atoms with Crippen LogP contribution in [0.5, 0.6) is 0 Å². The minimum atomic E-state index is -0.583. The van der Waals surface area contributed by atoms with Crippen molar-refractivity contribution in [3.63, 3.8) is 0 Å². The summed E-state index contributed by atoms with van der Waals surface area (Å²) in [5.41, 5.74) is 0.833. The molecule has 0 bridgehead atoms. The quantitative estimate of drug-likeness (QED) is 0.868. The first-order chi connectivity index (χ1) is 10.7. The van der Waals surface area contributed by atoms with Gasteiger partial charge in [0.15, 0.2) is 0 Å². The molecule has 1 aliphatic rings. The number of nitrogens with zero attached hydrogens (tertiary/aromatic N) is 2. The Balaban J connectivity index is 2.32. The molecule has 1 saturated heterocycles. The molecule has 0 aromatic heterocycles. The number of hydrogen-bond donors (Lipinski definition) is 1. The van der Waals surface area contributed by atoms with E-state index in [1.165, 1.54) is 0 Å². The van der Waals surface area contributed by atoms with Crippen molar-refractivity contribution in [1.29, 1.82) is 0 Å². The molecular formula is C17H24N2O3. The summed E-state index contributed by atoms with van der Waals surface area (Å²) in [6.07, 6.45) is 2.32. The predicted octanol–water partition coefficient (Wildman–Crippen LogP) is 1.58. The van der Waals surface area contributed by atoms with E-state index in [9.17, 15) is 9.59 Å². The Kier molecular flexibility index (Phi) is 5.95. The first-order valence-corrected chi connectivity index (χ1v) is 7.93. The van der Waals surface area contributed by atoms with Crippen molar-refractivity contribution in [2.75, 3.05) is 26.2 Å². The third-order valence-corrected chi connectivity index (χ3v) is 4.08. The SMILES string of the molecule is CCN(CCO)C(=O)C(c1ccccc1)N1CCCCC1=O. The van der Waals surface area contributed by atoms with Gasteiger partial charge in [-0.1, -0.05) is 30.3 Å². The maximum atomic E-state index is 12.9. The first kappa shape index (κ1) is 16.5. The van der Waals surface area contributed by atoms with Crippen molar-refractivity contribution in [3.05, 3.63) is 35.9 Å². The summed E-state index contributed by atoms with van der Waals surface area (Å²) in [7, 11) is 0. The van der Waals surface area contributed by atoms with Crippen LogP contribution in [0, 0.1) is 0 Å². The van der Waals surface area contributed by atoms with Crippen molar-refractivity contribution in [2.24, 2.45) is 0 Å². The van der Waals surface area contributed by atoms with Gasteiger partial charge in [-0.05, 0) is 25.3 Å². The fourth-order valence-corrected chi connectivity index (χ4v) is 2.91. The second kappa shape index (κ2) is 7.94.